The van der Waals surface area contributed by atoms with Gasteiger partial charge in [-0.3, -0.25) is 4.72 Å². The van der Waals surface area contributed by atoms with Gasteiger partial charge in [0, 0.05) is 10.2 Å². The fraction of sp³-hybridized carbons (Fsp3) is 0.143. The summed E-state index contributed by atoms with van der Waals surface area (Å²) in [5.41, 5.74) is -1.15. The largest absolute Gasteiger partial charge is 0.497 e. The predicted octanol–water partition coefficient (Wildman–Crippen LogP) is 4.28. The number of hydrogen-bond acceptors (Lipinski definition) is 3. The van der Waals surface area contributed by atoms with Gasteiger partial charge in [-0.1, -0.05) is 15.9 Å². The summed E-state index contributed by atoms with van der Waals surface area (Å²) >= 11 is 2.80. The second kappa shape index (κ2) is 6.40. The molecular formula is C14H11BrF3NO3S. The molecule has 124 valence electrons. The molecule has 0 bridgehead atoms. The zero-order valence-corrected chi connectivity index (χ0v) is 14.1. The van der Waals surface area contributed by atoms with Crippen molar-refractivity contribution in [2.75, 3.05) is 11.8 Å². The summed E-state index contributed by atoms with van der Waals surface area (Å²) in [6.45, 7) is 0. The number of rotatable bonds is 4. The topological polar surface area (TPSA) is 55.4 Å². The third-order valence-electron chi connectivity index (χ3n) is 2.89. The van der Waals surface area contributed by atoms with E-state index in [2.05, 4.69) is 20.7 Å². The van der Waals surface area contributed by atoms with E-state index < -0.39 is 21.8 Å². The highest BCUT2D eigenvalue weighted by atomic mass is 79.9. The zero-order chi connectivity index (χ0) is 17.3. The van der Waals surface area contributed by atoms with Crippen molar-refractivity contribution < 1.29 is 26.3 Å². The number of methoxy groups -OCH3 is 1. The number of hydrogen-bond donors (Lipinski definition) is 1. The SMILES string of the molecule is COc1ccc(S(=O)(=O)Nc2ccc(Br)c(C(F)(F)F)c2)cc1. The molecule has 4 nitrogen and oxygen atoms in total. The molecule has 9 heteroatoms. The fourth-order valence-corrected chi connectivity index (χ4v) is 3.30. The second-order valence-corrected chi connectivity index (χ2v) is 7.01. The van der Waals surface area contributed by atoms with Crippen LogP contribution in [0.1, 0.15) is 5.56 Å². The van der Waals surface area contributed by atoms with Gasteiger partial charge < -0.3 is 4.74 Å². The predicted molar refractivity (Wildman–Crippen MR) is 82.9 cm³/mol. The van der Waals surface area contributed by atoms with E-state index >= 15 is 0 Å². The summed E-state index contributed by atoms with van der Waals surface area (Å²) < 4.78 is 69.8. The lowest BCUT2D eigenvalue weighted by Gasteiger charge is -2.13. The van der Waals surface area contributed by atoms with Crippen molar-refractivity contribution in [3.8, 4) is 5.75 Å². The van der Waals surface area contributed by atoms with Crippen molar-refractivity contribution in [1.29, 1.82) is 0 Å². The Kier molecular flexibility index (Phi) is 4.90. The van der Waals surface area contributed by atoms with Gasteiger partial charge in [0.25, 0.3) is 10.0 Å². The first-order valence-corrected chi connectivity index (χ1v) is 8.45. The third-order valence-corrected chi connectivity index (χ3v) is 4.98. The smallest absolute Gasteiger partial charge is 0.417 e. The molecule has 0 saturated heterocycles. The molecule has 2 rings (SSSR count). The molecule has 0 unspecified atom stereocenters. The van der Waals surface area contributed by atoms with Gasteiger partial charge in [0.05, 0.1) is 17.6 Å². The van der Waals surface area contributed by atoms with E-state index in [0.29, 0.717) is 5.75 Å². The van der Waals surface area contributed by atoms with Crippen LogP contribution in [0.15, 0.2) is 51.8 Å². The summed E-state index contributed by atoms with van der Waals surface area (Å²) in [7, 11) is -2.57. The van der Waals surface area contributed by atoms with Gasteiger partial charge in [0.1, 0.15) is 5.75 Å². The number of anilines is 1. The van der Waals surface area contributed by atoms with Crippen LogP contribution in [0.3, 0.4) is 0 Å². The number of benzene rings is 2. The number of ether oxygens (including phenoxy) is 1. The van der Waals surface area contributed by atoms with Crippen LogP contribution in [0.4, 0.5) is 18.9 Å². The first-order chi connectivity index (χ1) is 10.6. The van der Waals surface area contributed by atoms with E-state index in [0.717, 1.165) is 12.1 Å². The molecule has 0 radical (unpaired) electrons. The number of alkyl halides is 3. The van der Waals surface area contributed by atoms with E-state index in [9.17, 15) is 21.6 Å². The summed E-state index contributed by atoms with van der Waals surface area (Å²) in [4.78, 5) is -0.0882. The van der Waals surface area contributed by atoms with Crippen LogP contribution < -0.4 is 9.46 Å². The molecular weight excluding hydrogens is 399 g/mol. The molecule has 0 aliphatic rings. The van der Waals surface area contributed by atoms with Crippen molar-refractivity contribution in [2.45, 2.75) is 11.1 Å². The highest BCUT2D eigenvalue weighted by Gasteiger charge is 2.33. The maximum Gasteiger partial charge on any atom is 0.417 e. The Morgan fingerprint density at radius 2 is 1.70 bits per heavy atom. The summed E-state index contributed by atoms with van der Waals surface area (Å²) in [6.07, 6.45) is -4.60. The van der Waals surface area contributed by atoms with E-state index in [1.165, 1.54) is 37.4 Å². The molecule has 23 heavy (non-hydrogen) atoms. The van der Waals surface area contributed by atoms with Crippen molar-refractivity contribution in [1.82, 2.24) is 0 Å². The average molecular weight is 410 g/mol. The van der Waals surface area contributed by atoms with Gasteiger partial charge in [-0.05, 0) is 42.5 Å². The quantitative estimate of drug-likeness (QED) is 0.819. The van der Waals surface area contributed by atoms with Gasteiger partial charge in [0.2, 0.25) is 0 Å². The molecule has 0 aliphatic carbocycles. The maximum atomic E-state index is 12.8. The standard InChI is InChI=1S/C14H11BrF3NO3S/c1-22-10-3-5-11(6-4-10)23(20,21)19-9-2-7-13(15)12(8-9)14(16,17)18/h2-8,19H,1H3. The van der Waals surface area contributed by atoms with Crippen LogP contribution in [0.5, 0.6) is 5.75 Å². The number of nitrogens with one attached hydrogen (secondary N) is 1. The molecule has 0 aromatic heterocycles. The van der Waals surface area contributed by atoms with Crippen LogP contribution >= 0.6 is 15.9 Å². The number of sulfonamides is 1. The van der Waals surface area contributed by atoms with Crippen LogP contribution in [0, 0.1) is 0 Å². The van der Waals surface area contributed by atoms with E-state index in [1.807, 2.05) is 0 Å². The fourth-order valence-electron chi connectivity index (χ4n) is 1.77. The minimum Gasteiger partial charge on any atom is -0.497 e. The molecule has 0 fully saturated rings. The average Bonchev–Trinajstić information content (AvgIpc) is 2.48. The van der Waals surface area contributed by atoms with Crippen molar-refractivity contribution in [3.05, 3.63) is 52.5 Å². The van der Waals surface area contributed by atoms with Gasteiger partial charge in [-0.25, -0.2) is 8.42 Å². The lowest BCUT2D eigenvalue weighted by Crippen LogP contribution is -2.14. The Morgan fingerprint density at radius 1 is 1.09 bits per heavy atom. The van der Waals surface area contributed by atoms with Gasteiger partial charge in [-0.2, -0.15) is 13.2 Å². The van der Waals surface area contributed by atoms with Crippen LogP contribution in [0.2, 0.25) is 0 Å². The molecule has 2 aromatic carbocycles. The lowest BCUT2D eigenvalue weighted by atomic mass is 10.2. The minimum atomic E-state index is -4.60. The molecule has 2 aromatic rings. The van der Waals surface area contributed by atoms with Crippen molar-refractivity contribution in [2.24, 2.45) is 0 Å². The van der Waals surface area contributed by atoms with Crippen LogP contribution in [0.25, 0.3) is 0 Å². The van der Waals surface area contributed by atoms with Crippen LogP contribution in [-0.4, -0.2) is 15.5 Å². The molecule has 0 aliphatic heterocycles. The lowest BCUT2D eigenvalue weighted by molar-refractivity contribution is -0.138. The van der Waals surface area contributed by atoms with E-state index in [1.54, 1.807) is 0 Å². The Bertz CT molecular complexity index is 805. The van der Waals surface area contributed by atoms with Crippen molar-refractivity contribution >= 4 is 31.6 Å². The Morgan fingerprint density at radius 3 is 2.22 bits per heavy atom. The first-order valence-electron chi connectivity index (χ1n) is 6.17. The first kappa shape index (κ1) is 17.6. The van der Waals surface area contributed by atoms with Crippen LogP contribution in [-0.2, 0) is 16.2 Å². The maximum absolute atomic E-state index is 12.8. The minimum absolute atomic E-state index is 0.0882. The Labute approximate surface area is 139 Å². The number of halogens is 4. The summed E-state index contributed by atoms with van der Waals surface area (Å²) in [5, 5.41) is 0. The van der Waals surface area contributed by atoms with E-state index in [4.69, 9.17) is 4.74 Å². The normalized spacial score (nSPS) is 12.0. The van der Waals surface area contributed by atoms with Gasteiger partial charge >= 0.3 is 6.18 Å². The Balaban J connectivity index is 2.33. The summed E-state index contributed by atoms with van der Waals surface area (Å²) in [5.74, 6) is 0.465. The second-order valence-electron chi connectivity index (χ2n) is 4.47. The van der Waals surface area contributed by atoms with E-state index in [-0.39, 0.29) is 15.1 Å². The summed E-state index contributed by atoms with van der Waals surface area (Å²) in [6, 6.07) is 8.57. The highest BCUT2D eigenvalue weighted by Crippen LogP contribution is 2.36. The van der Waals surface area contributed by atoms with Crippen molar-refractivity contribution in [3.63, 3.8) is 0 Å². The van der Waals surface area contributed by atoms with Gasteiger partial charge in [0.15, 0.2) is 0 Å². The monoisotopic (exact) mass is 409 g/mol. The molecule has 0 heterocycles. The third kappa shape index (κ3) is 4.17. The zero-order valence-electron chi connectivity index (χ0n) is 11.7. The van der Waals surface area contributed by atoms with Gasteiger partial charge in [-0.15, -0.1) is 0 Å². The Hall–Kier alpha value is -1.74. The molecule has 0 saturated carbocycles. The molecule has 1 N–H and O–H groups in total. The molecule has 0 amide bonds. The highest BCUT2D eigenvalue weighted by molar-refractivity contribution is 9.10. The molecule has 0 spiro atoms. The molecule has 0 atom stereocenters.